The van der Waals surface area contributed by atoms with Gasteiger partial charge in [-0.15, -0.1) is 0 Å². The molecule has 1 amide bonds. The number of carbonyl (C=O) groups is 2. The first-order chi connectivity index (χ1) is 17.4. The Morgan fingerprint density at radius 2 is 1.56 bits per heavy atom. The zero-order chi connectivity index (χ0) is 25.7. The molecule has 1 aliphatic rings. The van der Waals surface area contributed by atoms with E-state index in [1.807, 2.05) is 72.8 Å². The first-order valence-corrected chi connectivity index (χ1v) is 12.0. The van der Waals surface area contributed by atoms with E-state index in [-0.39, 0.29) is 25.0 Å². The van der Waals surface area contributed by atoms with Gasteiger partial charge in [-0.3, -0.25) is 9.59 Å². The molecule has 8 heteroatoms. The average molecular weight is 494 g/mol. The highest BCUT2D eigenvalue weighted by Crippen LogP contribution is 2.22. The predicted molar refractivity (Wildman–Crippen MR) is 133 cm³/mol. The van der Waals surface area contributed by atoms with Gasteiger partial charge < -0.3 is 30.5 Å². The number of ketones is 1. The fraction of sp³-hybridized carbons (Fsp3) is 0.357. The summed E-state index contributed by atoms with van der Waals surface area (Å²) in [4.78, 5) is 26.3. The number of benzene rings is 3. The van der Waals surface area contributed by atoms with Gasteiger partial charge in [-0.1, -0.05) is 72.8 Å². The largest absolute Gasteiger partial charge is 0.394 e. The van der Waals surface area contributed by atoms with E-state index in [1.54, 1.807) is 0 Å². The molecule has 8 nitrogen and oxygen atoms in total. The molecule has 0 spiro atoms. The minimum Gasteiger partial charge on any atom is -0.394 e. The lowest BCUT2D eigenvalue weighted by molar-refractivity contribution is -0.254. The molecule has 0 saturated carbocycles. The van der Waals surface area contributed by atoms with Crippen LogP contribution in [-0.2, 0) is 27.2 Å². The highest BCUT2D eigenvalue weighted by atomic mass is 16.6. The molecule has 3 aromatic carbocycles. The van der Waals surface area contributed by atoms with Crippen molar-refractivity contribution in [2.75, 3.05) is 6.61 Å². The van der Waals surface area contributed by atoms with Crippen molar-refractivity contribution in [1.29, 1.82) is 0 Å². The molecule has 4 rings (SSSR count). The fourth-order valence-electron chi connectivity index (χ4n) is 4.61. The van der Waals surface area contributed by atoms with Crippen LogP contribution in [-0.4, -0.2) is 69.4 Å². The normalized spacial score (nSPS) is 24.8. The summed E-state index contributed by atoms with van der Waals surface area (Å²) in [5.74, 6) is -1.44. The molecule has 3 unspecified atom stereocenters. The van der Waals surface area contributed by atoms with Gasteiger partial charge in [0.15, 0.2) is 6.29 Å². The van der Waals surface area contributed by atoms with Crippen LogP contribution in [0.25, 0.3) is 10.8 Å². The van der Waals surface area contributed by atoms with Crippen LogP contribution in [0, 0.1) is 5.92 Å². The number of rotatable bonds is 9. The summed E-state index contributed by atoms with van der Waals surface area (Å²) in [6.07, 6.45) is -5.46. The molecule has 3 aromatic rings. The van der Waals surface area contributed by atoms with Crippen molar-refractivity contribution in [3.63, 3.8) is 0 Å². The van der Waals surface area contributed by atoms with Crippen LogP contribution in [0.1, 0.15) is 17.5 Å². The third kappa shape index (κ3) is 6.16. The molecular formula is C28H31NO7. The van der Waals surface area contributed by atoms with E-state index in [0.717, 1.165) is 21.9 Å². The molecule has 5 N–H and O–H groups in total. The summed E-state index contributed by atoms with van der Waals surface area (Å²) in [5, 5.41) is 44.7. The van der Waals surface area contributed by atoms with E-state index in [4.69, 9.17) is 4.74 Å². The topological polar surface area (TPSA) is 136 Å². The van der Waals surface area contributed by atoms with Gasteiger partial charge in [-0.25, -0.2) is 0 Å². The number of aliphatic hydroxyl groups is 4. The minimum absolute atomic E-state index is 0.0465. The molecule has 1 fully saturated rings. The molecule has 1 aliphatic heterocycles. The van der Waals surface area contributed by atoms with E-state index in [1.165, 1.54) is 0 Å². The number of carbonyl (C=O) groups excluding carboxylic acids is 2. The maximum absolute atomic E-state index is 13.3. The van der Waals surface area contributed by atoms with Crippen LogP contribution < -0.4 is 5.32 Å². The average Bonchev–Trinajstić information content (AvgIpc) is 2.88. The SMILES string of the molecule is O=C(Cc1ccc2ccccc2c1)CC(Cc1ccccc1)C(=O)NC1C(O)O[C@H](CO)[C@@H](O)[C@@H]1O. The van der Waals surface area contributed by atoms with Gasteiger partial charge in [-0.05, 0) is 28.3 Å². The van der Waals surface area contributed by atoms with Crippen molar-refractivity contribution >= 4 is 22.5 Å². The Hall–Kier alpha value is -3.14. The van der Waals surface area contributed by atoms with Crippen LogP contribution in [0.3, 0.4) is 0 Å². The second-order valence-corrected chi connectivity index (χ2v) is 9.25. The molecule has 0 radical (unpaired) electrons. The van der Waals surface area contributed by atoms with Crippen molar-refractivity contribution in [1.82, 2.24) is 5.32 Å². The fourth-order valence-corrected chi connectivity index (χ4v) is 4.61. The molecule has 190 valence electrons. The van der Waals surface area contributed by atoms with Gasteiger partial charge >= 0.3 is 0 Å². The summed E-state index contributed by atoms with van der Waals surface area (Å²) in [5.41, 5.74) is 1.71. The summed E-state index contributed by atoms with van der Waals surface area (Å²) < 4.78 is 5.14. The third-order valence-electron chi connectivity index (χ3n) is 6.59. The van der Waals surface area contributed by atoms with Crippen molar-refractivity contribution in [2.24, 2.45) is 5.92 Å². The van der Waals surface area contributed by atoms with Crippen LogP contribution >= 0.6 is 0 Å². The van der Waals surface area contributed by atoms with Crippen LogP contribution in [0.4, 0.5) is 0 Å². The Balaban J connectivity index is 1.48. The quantitative estimate of drug-likeness (QED) is 0.301. The minimum atomic E-state index is -1.63. The van der Waals surface area contributed by atoms with Crippen molar-refractivity contribution in [2.45, 2.75) is 49.9 Å². The van der Waals surface area contributed by atoms with Gasteiger partial charge in [0, 0.05) is 18.8 Å². The van der Waals surface area contributed by atoms with Crippen molar-refractivity contribution in [3.05, 3.63) is 83.9 Å². The second-order valence-electron chi connectivity index (χ2n) is 9.25. The number of hydrogen-bond acceptors (Lipinski definition) is 7. The molecule has 36 heavy (non-hydrogen) atoms. The maximum Gasteiger partial charge on any atom is 0.224 e. The standard InChI is InChI=1S/C28H31NO7/c30-16-23-25(32)26(33)24(28(35)36-23)29-27(34)21(12-17-6-2-1-3-7-17)15-22(31)14-18-10-11-19-8-4-5-9-20(19)13-18/h1-11,13,21,23-26,28,30,32-33,35H,12,14-16H2,(H,29,34)/t21?,23-,24?,25-,26-,28?/m1/s1. The monoisotopic (exact) mass is 493 g/mol. The van der Waals surface area contributed by atoms with Gasteiger partial charge in [0.05, 0.1) is 6.61 Å². The van der Waals surface area contributed by atoms with Crippen LogP contribution in [0.2, 0.25) is 0 Å². The van der Waals surface area contributed by atoms with Crippen molar-refractivity contribution in [3.8, 4) is 0 Å². The number of nitrogens with one attached hydrogen (secondary N) is 1. The molecule has 0 bridgehead atoms. The van der Waals surface area contributed by atoms with E-state index in [2.05, 4.69) is 5.32 Å². The molecule has 6 atom stereocenters. The molecule has 1 heterocycles. The summed E-state index contributed by atoms with van der Waals surface area (Å²) in [6.45, 7) is -0.601. The van der Waals surface area contributed by atoms with Gasteiger partial charge in [0.25, 0.3) is 0 Å². The Bertz CT molecular complexity index is 1180. The highest BCUT2D eigenvalue weighted by Gasteiger charge is 2.44. The Labute approximate surface area is 209 Å². The summed E-state index contributed by atoms with van der Waals surface area (Å²) >= 11 is 0. The highest BCUT2D eigenvalue weighted by molar-refractivity contribution is 5.89. The second kappa shape index (κ2) is 11.7. The number of fused-ring (bicyclic) bond motifs is 1. The third-order valence-corrected chi connectivity index (χ3v) is 6.59. The smallest absolute Gasteiger partial charge is 0.224 e. The molecule has 0 aromatic heterocycles. The lowest BCUT2D eigenvalue weighted by Gasteiger charge is -2.40. The number of ether oxygens (including phenoxy) is 1. The van der Waals surface area contributed by atoms with E-state index >= 15 is 0 Å². The Kier molecular flexibility index (Phi) is 8.45. The van der Waals surface area contributed by atoms with Gasteiger partial charge in [0.2, 0.25) is 5.91 Å². The molecule has 0 aliphatic carbocycles. The van der Waals surface area contributed by atoms with Gasteiger partial charge in [0.1, 0.15) is 30.1 Å². The summed E-state index contributed by atoms with van der Waals surface area (Å²) in [6, 6.07) is 21.6. The first-order valence-electron chi connectivity index (χ1n) is 12.0. The van der Waals surface area contributed by atoms with Crippen LogP contribution in [0.5, 0.6) is 0 Å². The zero-order valence-electron chi connectivity index (χ0n) is 19.7. The zero-order valence-corrected chi connectivity index (χ0v) is 19.7. The summed E-state index contributed by atoms with van der Waals surface area (Å²) in [7, 11) is 0. The van der Waals surface area contributed by atoms with E-state index in [9.17, 15) is 30.0 Å². The number of aliphatic hydroxyl groups excluding tert-OH is 4. The molecule has 1 saturated heterocycles. The van der Waals surface area contributed by atoms with Gasteiger partial charge in [-0.2, -0.15) is 0 Å². The predicted octanol–water partition coefficient (Wildman–Crippen LogP) is 1.12. The number of Topliss-reactive ketones (excluding diaryl/α,β-unsaturated/α-hetero) is 1. The Morgan fingerprint density at radius 3 is 2.28 bits per heavy atom. The van der Waals surface area contributed by atoms with E-state index in [0.29, 0.717) is 0 Å². The number of hydrogen-bond donors (Lipinski definition) is 5. The lowest BCUT2D eigenvalue weighted by atomic mass is 9.90. The Morgan fingerprint density at radius 1 is 0.861 bits per heavy atom. The van der Waals surface area contributed by atoms with Crippen LogP contribution in [0.15, 0.2) is 72.8 Å². The lowest BCUT2D eigenvalue weighted by Crippen LogP contribution is -2.64. The number of amides is 1. The molecular weight excluding hydrogens is 462 g/mol. The van der Waals surface area contributed by atoms with E-state index < -0.39 is 49.1 Å². The van der Waals surface area contributed by atoms with Crippen molar-refractivity contribution < 1.29 is 34.8 Å². The maximum atomic E-state index is 13.3. The first kappa shape index (κ1) is 25.9.